The Bertz CT molecular complexity index is 1080. The Morgan fingerprint density at radius 3 is 2.81 bits per heavy atom. The van der Waals surface area contributed by atoms with Crippen LogP contribution in [0.4, 0.5) is 5.69 Å². The Hall–Kier alpha value is -3.32. The summed E-state index contributed by atoms with van der Waals surface area (Å²) in [4.78, 5) is 24.3. The molecule has 136 valence electrons. The topological polar surface area (TPSA) is 82.5 Å². The summed E-state index contributed by atoms with van der Waals surface area (Å²) >= 11 is 5.90. The van der Waals surface area contributed by atoms with Gasteiger partial charge >= 0.3 is 0 Å². The third-order valence-electron chi connectivity index (χ3n) is 3.94. The van der Waals surface area contributed by atoms with Crippen molar-refractivity contribution in [1.29, 1.82) is 0 Å². The van der Waals surface area contributed by atoms with Gasteiger partial charge < -0.3 is 14.8 Å². The molecule has 0 bridgehead atoms. The van der Waals surface area contributed by atoms with Crippen LogP contribution >= 0.6 is 11.6 Å². The molecule has 0 atom stereocenters. The van der Waals surface area contributed by atoms with E-state index in [2.05, 4.69) is 10.4 Å². The summed E-state index contributed by atoms with van der Waals surface area (Å²) in [6.45, 7) is -0.0425. The number of aromatic nitrogens is 2. The number of hydrogen-bond donors (Lipinski definition) is 1. The minimum Gasteiger partial charge on any atom is -0.454 e. The van der Waals surface area contributed by atoms with Crippen LogP contribution < -0.4 is 20.3 Å². The lowest BCUT2D eigenvalue weighted by Crippen LogP contribution is -2.29. The van der Waals surface area contributed by atoms with Crippen molar-refractivity contribution in [1.82, 2.24) is 9.78 Å². The predicted octanol–water partition coefficient (Wildman–Crippen LogP) is 2.93. The fourth-order valence-electron chi connectivity index (χ4n) is 2.67. The zero-order chi connectivity index (χ0) is 18.8. The maximum absolute atomic E-state index is 12.3. The van der Waals surface area contributed by atoms with E-state index in [4.69, 9.17) is 21.1 Å². The SMILES string of the molecule is O=C(Cn1nc(-c2ccc3c(c2)OCO3)ccc1=O)Nc1cccc(Cl)c1. The number of anilines is 1. The van der Waals surface area contributed by atoms with Crippen LogP contribution in [0.15, 0.2) is 59.4 Å². The molecule has 0 unspecified atom stereocenters. The van der Waals surface area contributed by atoms with Gasteiger partial charge in [0.1, 0.15) is 6.54 Å². The van der Waals surface area contributed by atoms with Crippen molar-refractivity contribution in [2.45, 2.75) is 6.54 Å². The molecule has 3 aromatic rings. The van der Waals surface area contributed by atoms with Gasteiger partial charge in [-0.15, -0.1) is 0 Å². The minimum absolute atomic E-state index is 0.176. The van der Waals surface area contributed by atoms with Crippen LogP contribution in [-0.2, 0) is 11.3 Å². The van der Waals surface area contributed by atoms with Gasteiger partial charge in [0, 0.05) is 22.3 Å². The molecule has 1 aliphatic rings. The van der Waals surface area contributed by atoms with Crippen LogP contribution in [0.1, 0.15) is 0 Å². The largest absolute Gasteiger partial charge is 0.454 e. The summed E-state index contributed by atoms with van der Waals surface area (Å²) in [7, 11) is 0. The van der Waals surface area contributed by atoms with Crippen molar-refractivity contribution in [3.8, 4) is 22.8 Å². The average Bonchev–Trinajstić information content (AvgIpc) is 3.11. The normalized spacial score (nSPS) is 12.0. The van der Waals surface area contributed by atoms with Crippen LogP contribution in [0.5, 0.6) is 11.5 Å². The molecule has 1 N–H and O–H groups in total. The third-order valence-corrected chi connectivity index (χ3v) is 4.17. The molecule has 1 aliphatic heterocycles. The molecule has 0 saturated carbocycles. The highest BCUT2D eigenvalue weighted by Gasteiger charge is 2.15. The van der Waals surface area contributed by atoms with E-state index in [0.29, 0.717) is 27.9 Å². The van der Waals surface area contributed by atoms with E-state index in [1.807, 2.05) is 6.07 Å². The molecule has 2 heterocycles. The van der Waals surface area contributed by atoms with Gasteiger partial charge in [0.25, 0.3) is 5.56 Å². The lowest BCUT2D eigenvalue weighted by molar-refractivity contribution is -0.117. The smallest absolute Gasteiger partial charge is 0.267 e. The Balaban J connectivity index is 1.55. The molecule has 2 aromatic carbocycles. The van der Waals surface area contributed by atoms with Gasteiger partial charge in [-0.1, -0.05) is 17.7 Å². The summed E-state index contributed by atoms with van der Waals surface area (Å²) in [6.07, 6.45) is 0. The van der Waals surface area contributed by atoms with Crippen LogP contribution in [0.25, 0.3) is 11.3 Å². The Kier molecular flexibility index (Phi) is 4.52. The lowest BCUT2D eigenvalue weighted by Gasteiger charge is -2.09. The van der Waals surface area contributed by atoms with Crippen LogP contribution in [-0.4, -0.2) is 22.5 Å². The summed E-state index contributed by atoms with van der Waals surface area (Å²) in [5.41, 5.74) is 1.47. The Labute approximate surface area is 159 Å². The number of nitrogens with one attached hydrogen (secondary N) is 1. The van der Waals surface area contributed by atoms with Gasteiger partial charge in [0.15, 0.2) is 11.5 Å². The second-order valence-corrected chi connectivity index (χ2v) is 6.28. The van der Waals surface area contributed by atoms with E-state index in [1.54, 1.807) is 42.5 Å². The third kappa shape index (κ3) is 3.78. The lowest BCUT2D eigenvalue weighted by atomic mass is 10.1. The molecule has 1 amide bonds. The number of carbonyl (C=O) groups is 1. The van der Waals surface area contributed by atoms with Crippen molar-refractivity contribution in [3.05, 3.63) is 70.0 Å². The highest BCUT2D eigenvalue weighted by Crippen LogP contribution is 2.35. The second kappa shape index (κ2) is 7.13. The van der Waals surface area contributed by atoms with Gasteiger partial charge in [-0.25, -0.2) is 4.68 Å². The highest BCUT2D eigenvalue weighted by molar-refractivity contribution is 6.30. The van der Waals surface area contributed by atoms with Gasteiger partial charge in [0.2, 0.25) is 12.7 Å². The molecule has 1 aromatic heterocycles. The molecule has 0 fully saturated rings. The maximum atomic E-state index is 12.3. The quantitative estimate of drug-likeness (QED) is 0.749. The molecule has 27 heavy (non-hydrogen) atoms. The first-order valence-electron chi connectivity index (χ1n) is 8.12. The van der Waals surface area contributed by atoms with Gasteiger partial charge in [0.05, 0.1) is 5.69 Å². The number of rotatable bonds is 4. The summed E-state index contributed by atoms with van der Waals surface area (Å²) in [5.74, 6) is 0.897. The van der Waals surface area contributed by atoms with Crippen molar-refractivity contribution < 1.29 is 14.3 Å². The molecule has 0 saturated heterocycles. The summed E-state index contributed by atoms with van der Waals surface area (Å²) in [6, 6.07) is 15.1. The standard InChI is InChI=1S/C19H14ClN3O4/c20-13-2-1-3-14(9-13)21-18(24)10-23-19(25)7-5-15(22-23)12-4-6-16-17(8-12)27-11-26-16/h1-9H,10-11H2,(H,21,24). The number of nitrogens with zero attached hydrogens (tertiary/aromatic N) is 2. The van der Waals surface area contributed by atoms with Crippen LogP contribution in [0.2, 0.25) is 5.02 Å². The molecule has 8 heteroatoms. The number of fused-ring (bicyclic) bond motifs is 1. The molecular weight excluding hydrogens is 370 g/mol. The summed E-state index contributed by atoms with van der Waals surface area (Å²) < 4.78 is 11.8. The molecule has 0 spiro atoms. The van der Waals surface area contributed by atoms with E-state index in [0.717, 1.165) is 10.2 Å². The minimum atomic E-state index is -0.380. The van der Waals surface area contributed by atoms with Crippen molar-refractivity contribution in [3.63, 3.8) is 0 Å². The van der Waals surface area contributed by atoms with E-state index >= 15 is 0 Å². The van der Waals surface area contributed by atoms with Crippen LogP contribution in [0, 0.1) is 0 Å². The first-order chi connectivity index (χ1) is 13.1. The number of halogens is 1. The Morgan fingerprint density at radius 1 is 1.11 bits per heavy atom. The van der Waals surface area contributed by atoms with Crippen molar-refractivity contribution in [2.75, 3.05) is 12.1 Å². The molecular formula is C19H14ClN3O4. The van der Waals surface area contributed by atoms with E-state index < -0.39 is 0 Å². The number of benzene rings is 2. The number of ether oxygens (including phenoxy) is 2. The van der Waals surface area contributed by atoms with Crippen molar-refractivity contribution >= 4 is 23.2 Å². The molecule has 0 radical (unpaired) electrons. The van der Waals surface area contributed by atoms with Crippen molar-refractivity contribution in [2.24, 2.45) is 0 Å². The van der Waals surface area contributed by atoms with Gasteiger partial charge in [-0.05, 0) is 42.5 Å². The fraction of sp³-hybridized carbons (Fsp3) is 0.105. The van der Waals surface area contributed by atoms with Gasteiger partial charge in [-0.2, -0.15) is 5.10 Å². The highest BCUT2D eigenvalue weighted by atomic mass is 35.5. The van der Waals surface area contributed by atoms with E-state index in [1.165, 1.54) is 6.07 Å². The second-order valence-electron chi connectivity index (χ2n) is 5.84. The number of amides is 1. The summed E-state index contributed by atoms with van der Waals surface area (Å²) in [5, 5.41) is 7.49. The first-order valence-corrected chi connectivity index (χ1v) is 8.50. The predicted molar refractivity (Wildman–Crippen MR) is 100 cm³/mol. The van der Waals surface area contributed by atoms with Crippen LogP contribution in [0.3, 0.4) is 0 Å². The zero-order valence-corrected chi connectivity index (χ0v) is 14.8. The molecule has 7 nitrogen and oxygen atoms in total. The maximum Gasteiger partial charge on any atom is 0.267 e. The molecule has 0 aliphatic carbocycles. The Morgan fingerprint density at radius 2 is 1.96 bits per heavy atom. The number of carbonyl (C=O) groups excluding carboxylic acids is 1. The van der Waals surface area contributed by atoms with E-state index in [-0.39, 0.29) is 24.8 Å². The molecule has 4 rings (SSSR count). The average molecular weight is 384 g/mol. The van der Waals surface area contributed by atoms with E-state index in [9.17, 15) is 9.59 Å². The fourth-order valence-corrected chi connectivity index (χ4v) is 2.87. The monoisotopic (exact) mass is 383 g/mol. The first kappa shape index (κ1) is 17.1. The van der Waals surface area contributed by atoms with Gasteiger partial charge in [-0.3, -0.25) is 9.59 Å². The zero-order valence-electron chi connectivity index (χ0n) is 14.0. The number of hydrogen-bond acceptors (Lipinski definition) is 5.